The van der Waals surface area contributed by atoms with Gasteiger partial charge in [-0.05, 0) is 55.2 Å². The van der Waals surface area contributed by atoms with Crippen molar-refractivity contribution in [3.63, 3.8) is 0 Å². The van der Waals surface area contributed by atoms with Crippen molar-refractivity contribution in [1.29, 1.82) is 0 Å². The lowest BCUT2D eigenvalue weighted by atomic mass is 9.93. The number of sulfonamides is 1. The monoisotopic (exact) mass is 513 g/mol. The van der Waals surface area contributed by atoms with E-state index in [0.29, 0.717) is 5.56 Å². The number of ether oxygens (including phenoxy) is 1. The molecule has 1 aliphatic carbocycles. The largest absolute Gasteiger partial charge is 0.707 e. The number of rotatable bonds is 8. The Morgan fingerprint density at radius 1 is 1.28 bits per heavy atom. The highest BCUT2D eigenvalue weighted by Gasteiger charge is 2.33. The molecule has 0 bridgehead atoms. The number of hydrazone groups is 1. The van der Waals surface area contributed by atoms with Crippen molar-refractivity contribution in [2.45, 2.75) is 30.2 Å². The summed E-state index contributed by atoms with van der Waals surface area (Å²) in [6.07, 6.45) is 4.60. The number of nitrogens with one attached hydrogen (secondary N) is 1. The van der Waals surface area contributed by atoms with E-state index in [2.05, 4.69) is 14.5 Å². The molecule has 0 unspecified atom stereocenters. The third-order valence-corrected chi connectivity index (χ3v) is 7.51. The second-order valence-corrected chi connectivity index (χ2v) is 10.1. The third-order valence-electron chi connectivity index (χ3n) is 6.20. The Hall–Kier alpha value is -3.46. The summed E-state index contributed by atoms with van der Waals surface area (Å²) in [7, 11) is -4.63. The van der Waals surface area contributed by atoms with Crippen molar-refractivity contribution >= 4 is 40.4 Å². The fraction of sp³-hybridized carbons (Fsp3) is 0.318. The molecule has 0 atom stereocenters. The molecular weight excluding hydrogens is 489 g/mol. The van der Waals surface area contributed by atoms with Crippen LogP contribution in [0.4, 0.5) is 0 Å². The van der Waals surface area contributed by atoms with Gasteiger partial charge >= 0.3 is 13.0 Å². The quantitative estimate of drug-likeness (QED) is 0.227. The number of hydrogen-bond donors (Lipinski definition) is 3. The Labute approximate surface area is 206 Å². The predicted molar refractivity (Wildman–Crippen MR) is 133 cm³/mol. The first-order valence-corrected chi connectivity index (χ1v) is 12.8. The molecule has 5 rings (SSSR count). The summed E-state index contributed by atoms with van der Waals surface area (Å²) in [5.74, 6) is 0.0662. The molecule has 2 aromatic carbocycles. The van der Waals surface area contributed by atoms with Crippen LogP contribution in [-0.4, -0.2) is 72.7 Å². The molecular formula is C22H24BN5O7S. The highest BCUT2D eigenvalue weighted by atomic mass is 32.2. The first-order chi connectivity index (χ1) is 17.3. The Morgan fingerprint density at radius 3 is 2.78 bits per heavy atom. The maximum Gasteiger partial charge on any atom is 0.707 e. The summed E-state index contributed by atoms with van der Waals surface area (Å²) in [4.78, 5) is 15.2. The zero-order valence-corrected chi connectivity index (χ0v) is 20.2. The van der Waals surface area contributed by atoms with E-state index < -0.39 is 17.3 Å². The number of fused-ring (bicyclic) bond motifs is 2. The van der Waals surface area contributed by atoms with Gasteiger partial charge in [0.05, 0.1) is 30.4 Å². The first kappa shape index (κ1) is 24.2. The molecule has 0 radical (unpaired) electrons. The fourth-order valence-corrected chi connectivity index (χ4v) is 5.47. The maximum atomic E-state index is 12.7. The van der Waals surface area contributed by atoms with Crippen molar-refractivity contribution in [3.8, 4) is 5.75 Å². The van der Waals surface area contributed by atoms with Gasteiger partial charge in [-0.2, -0.15) is 13.5 Å². The summed E-state index contributed by atoms with van der Waals surface area (Å²) in [5.41, 5.74) is 2.42. The van der Waals surface area contributed by atoms with Gasteiger partial charge in [0.1, 0.15) is 10.6 Å². The number of aromatic amines is 1. The molecule has 3 aromatic rings. The van der Waals surface area contributed by atoms with E-state index in [-0.39, 0.29) is 41.4 Å². The SMILES string of the molecule is COCCN(/N=C/c1ccc2[nH]c(=O)n(C3CCC3)c2c1)C1=NS(=O)(=O)c2cc(OB(O)O)ccc21. The van der Waals surface area contributed by atoms with Crippen LogP contribution in [0.25, 0.3) is 11.0 Å². The van der Waals surface area contributed by atoms with E-state index in [4.69, 9.17) is 19.4 Å². The van der Waals surface area contributed by atoms with Crippen molar-refractivity contribution in [1.82, 2.24) is 14.6 Å². The van der Waals surface area contributed by atoms with Crippen LogP contribution in [0.2, 0.25) is 0 Å². The topological polar surface area (TPSA) is 159 Å². The standard InChI is InChI=1S/C22H24BN5O7S/c1-34-10-9-27(21-17-7-6-16(35-23(30)31)12-20(17)36(32,33)26-21)24-13-14-5-8-18-19(11-14)28(22(29)25-18)15-3-2-4-15/h5-8,11-13,15,30-31H,2-4,9-10H2,1H3,(H,25,29)/b24-13+. The van der Waals surface area contributed by atoms with Crippen molar-refractivity contribution < 1.29 is 27.9 Å². The van der Waals surface area contributed by atoms with Crippen LogP contribution in [0.5, 0.6) is 5.75 Å². The number of hydrogen-bond acceptors (Lipinski definition) is 9. The van der Waals surface area contributed by atoms with E-state index in [1.165, 1.54) is 30.3 Å². The number of imidazole rings is 1. The smallest absolute Gasteiger partial charge is 0.512 e. The molecule has 1 fully saturated rings. The Bertz CT molecular complexity index is 1530. The Balaban J connectivity index is 1.48. The van der Waals surface area contributed by atoms with Crippen LogP contribution in [0.3, 0.4) is 0 Å². The van der Waals surface area contributed by atoms with Crippen molar-refractivity contribution in [2.24, 2.45) is 9.50 Å². The number of nitrogens with zero attached hydrogens (tertiary/aromatic N) is 4. The minimum Gasteiger partial charge on any atom is -0.512 e. The van der Waals surface area contributed by atoms with E-state index in [9.17, 15) is 13.2 Å². The van der Waals surface area contributed by atoms with Crippen LogP contribution in [-0.2, 0) is 14.8 Å². The van der Waals surface area contributed by atoms with Gasteiger partial charge in [-0.3, -0.25) is 4.57 Å². The zero-order valence-electron chi connectivity index (χ0n) is 19.4. The molecule has 2 aliphatic rings. The molecule has 14 heteroatoms. The number of methoxy groups -OCH3 is 1. The normalized spacial score (nSPS) is 16.7. The average Bonchev–Trinajstić information content (AvgIpc) is 3.25. The molecule has 1 aromatic heterocycles. The van der Waals surface area contributed by atoms with Gasteiger partial charge in [0.25, 0.3) is 10.0 Å². The molecule has 0 saturated heterocycles. The van der Waals surface area contributed by atoms with Gasteiger partial charge in [0.15, 0.2) is 5.84 Å². The summed E-state index contributed by atoms with van der Waals surface area (Å²) < 4.78 is 41.1. The lowest BCUT2D eigenvalue weighted by Gasteiger charge is -2.26. The second kappa shape index (κ2) is 9.54. The molecule has 188 valence electrons. The number of amidine groups is 1. The lowest BCUT2D eigenvalue weighted by molar-refractivity contribution is 0.178. The molecule has 36 heavy (non-hydrogen) atoms. The number of benzene rings is 2. The third kappa shape index (κ3) is 4.55. The Kier molecular flexibility index (Phi) is 6.43. The van der Waals surface area contributed by atoms with E-state index in [0.717, 1.165) is 35.9 Å². The summed E-state index contributed by atoms with van der Waals surface area (Å²) in [6, 6.07) is 9.74. The minimum atomic E-state index is -4.06. The summed E-state index contributed by atoms with van der Waals surface area (Å²) in [5, 5.41) is 24.0. The molecule has 2 heterocycles. The van der Waals surface area contributed by atoms with E-state index in [1.807, 2.05) is 18.2 Å². The molecule has 12 nitrogen and oxygen atoms in total. The van der Waals surface area contributed by atoms with Crippen molar-refractivity contribution in [2.75, 3.05) is 20.3 Å². The zero-order chi connectivity index (χ0) is 25.4. The number of aromatic nitrogens is 2. The minimum absolute atomic E-state index is 0.0342. The van der Waals surface area contributed by atoms with Gasteiger partial charge in [0.2, 0.25) is 0 Å². The van der Waals surface area contributed by atoms with Gasteiger partial charge < -0.3 is 24.4 Å². The highest BCUT2D eigenvalue weighted by Crippen LogP contribution is 2.33. The Morgan fingerprint density at radius 2 is 2.08 bits per heavy atom. The molecule has 0 amide bonds. The van der Waals surface area contributed by atoms with Gasteiger partial charge in [-0.1, -0.05) is 6.07 Å². The van der Waals surface area contributed by atoms with Crippen molar-refractivity contribution in [3.05, 3.63) is 58.0 Å². The van der Waals surface area contributed by atoms with Gasteiger partial charge in [-0.25, -0.2) is 9.80 Å². The first-order valence-electron chi connectivity index (χ1n) is 11.3. The van der Waals surface area contributed by atoms with Crippen LogP contribution in [0.1, 0.15) is 36.4 Å². The van der Waals surface area contributed by atoms with Crippen LogP contribution in [0.15, 0.2) is 55.6 Å². The average molecular weight is 513 g/mol. The molecule has 0 spiro atoms. The lowest BCUT2D eigenvalue weighted by Crippen LogP contribution is -2.29. The van der Waals surface area contributed by atoms with Gasteiger partial charge in [0, 0.05) is 18.7 Å². The summed E-state index contributed by atoms with van der Waals surface area (Å²) >= 11 is 0. The molecule has 1 saturated carbocycles. The van der Waals surface area contributed by atoms with Crippen LogP contribution < -0.4 is 10.3 Å². The molecule has 3 N–H and O–H groups in total. The second-order valence-electron chi connectivity index (χ2n) is 8.51. The predicted octanol–water partition coefficient (Wildman–Crippen LogP) is 0.834. The number of H-pyrrole nitrogens is 1. The maximum absolute atomic E-state index is 12.7. The summed E-state index contributed by atoms with van der Waals surface area (Å²) in [6.45, 7) is 0.468. The van der Waals surface area contributed by atoms with Crippen LogP contribution in [0, 0.1) is 0 Å². The van der Waals surface area contributed by atoms with E-state index in [1.54, 1.807) is 10.8 Å². The van der Waals surface area contributed by atoms with Gasteiger partial charge in [-0.15, -0.1) is 4.40 Å². The fourth-order valence-electron chi connectivity index (χ4n) is 4.25. The molecule has 1 aliphatic heterocycles. The highest BCUT2D eigenvalue weighted by molar-refractivity contribution is 7.90. The van der Waals surface area contributed by atoms with E-state index >= 15 is 0 Å². The van der Waals surface area contributed by atoms with Crippen LogP contribution >= 0.6 is 0 Å².